The zero-order valence-electron chi connectivity index (χ0n) is 13.8. The summed E-state index contributed by atoms with van der Waals surface area (Å²) in [6.45, 7) is 3.55. The fourth-order valence-electron chi connectivity index (χ4n) is 4.14. The van der Waals surface area contributed by atoms with Crippen LogP contribution >= 0.6 is 0 Å². The standard InChI is InChI=1S/C18H22FN3O2/c1-11-4-5-12(7-14(11)19)9-20-13-8-16-18(24)21-6-2-3-15(21)17(23)22(16)10-13/h4-5,7,13,15-16,20H,2-3,6,8-10H2,1H3/t13-,15-,16-/m0/s1. The van der Waals surface area contributed by atoms with E-state index in [0.717, 1.165) is 18.4 Å². The van der Waals surface area contributed by atoms with E-state index in [-0.39, 0.29) is 35.8 Å². The van der Waals surface area contributed by atoms with Crippen LogP contribution in [0.3, 0.4) is 0 Å². The molecule has 1 N–H and O–H groups in total. The van der Waals surface area contributed by atoms with Crippen LogP contribution in [0.25, 0.3) is 0 Å². The Morgan fingerprint density at radius 1 is 1.21 bits per heavy atom. The van der Waals surface area contributed by atoms with E-state index < -0.39 is 0 Å². The van der Waals surface area contributed by atoms with E-state index in [1.807, 2.05) is 6.07 Å². The Labute approximate surface area is 140 Å². The highest BCUT2D eigenvalue weighted by Gasteiger charge is 2.51. The highest BCUT2D eigenvalue weighted by molar-refractivity contribution is 5.98. The minimum absolute atomic E-state index is 0.0762. The lowest BCUT2D eigenvalue weighted by Crippen LogP contribution is -2.60. The molecular formula is C18H22FN3O2. The Kier molecular flexibility index (Phi) is 3.79. The summed E-state index contributed by atoms with van der Waals surface area (Å²) in [4.78, 5) is 28.7. The van der Waals surface area contributed by atoms with Gasteiger partial charge in [-0.15, -0.1) is 0 Å². The maximum atomic E-state index is 13.6. The SMILES string of the molecule is Cc1ccc(CN[C@H]2C[C@H]3C(=O)N4CCC[C@H]4C(=O)N3C2)cc1F. The molecule has 5 nitrogen and oxygen atoms in total. The van der Waals surface area contributed by atoms with Crippen LogP contribution in [0.2, 0.25) is 0 Å². The topological polar surface area (TPSA) is 52.7 Å². The molecule has 4 rings (SSSR count). The largest absolute Gasteiger partial charge is 0.329 e. The van der Waals surface area contributed by atoms with E-state index in [2.05, 4.69) is 5.32 Å². The Hall–Kier alpha value is -1.95. The zero-order valence-corrected chi connectivity index (χ0v) is 13.8. The molecule has 2 amide bonds. The highest BCUT2D eigenvalue weighted by atomic mass is 19.1. The van der Waals surface area contributed by atoms with Crippen molar-refractivity contribution in [1.29, 1.82) is 0 Å². The van der Waals surface area contributed by atoms with Crippen molar-refractivity contribution in [3.05, 3.63) is 35.1 Å². The Balaban J connectivity index is 1.42. The van der Waals surface area contributed by atoms with Gasteiger partial charge in [0.1, 0.15) is 17.9 Å². The molecule has 128 valence electrons. The molecule has 3 aliphatic heterocycles. The average Bonchev–Trinajstić information content (AvgIpc) is 3.21. The molecule has 24 heavy (non-hydrogen) atoms. The lowest BCUT2D eigenvalue weighted by molar-refractivity contribution is -0.156. The minimum Gasteiger partial charge on any atom is -0.329 e. The van der Waals surface area contributed by atoms with Crippen LogP contribution in [-0.2, 0) is 16.1 Å². The first kappa shape index (κ1) is 15.6. The summed E-state index contributed by atoms with van der Waals surface area (Å²) in [6.07, 6.45) is 2.35. The average molecular weight is 331 g/mol. The molecule has 1 aromatic rings. The van der Waals surface area contributed by atoms with E-state index in [9.17, 15) is 14.0 Å². The zero-order chi connectivity index (χ0) is 16.8. The number of carbonyl (C=O) groups excluding carboxylic acids is 2. The van der Waals surface area contributed by atoms with Crippen LogP contribution in [0.15, 0.2) is 18.2 Å². The van der Waals surface area contributed by atoms with Crippen LogP contribution in [0.1, 0.15) is 30.4 Å². The molecule has 0 spiro atoms. The fourth-order valence-corrected chi connectivity index (χ4v) is 4.14. The fraction of sp³-hybridized carbons (Fsp3) is 0.556. The summed E-state index contributed by atoms with van der Waals surface area (Å²) in [7, 11) is 0. The monoisotopic (exact) mass is 331 g/mol. The van der Waals surface area contributed by atoms with Gasteiger partial charge in [-0.1, -0.05) is 12.1 Å². The van der Waals surface area contributed by atoms with Gasteiger partial charge in [0, 0.05) is 25.7 Å². The number of carbonyl (C=O) groups is 2. The third kappa shape index (κ3) is 2.49. The Morgan fingerprint density at radius 2 is 2.00 bits per heavy atom. The van der Waals surface area contributed by atoms with Crippen LogP contribution < -0.4 is 5.32 Å². The predicted molar refractivity (Wildman–Crippen MR) is 86.6 cm³/mol. The quantitative estimate of drug-likeness (QED) is 0.905. The molecule has 3 saturated heterocycles. The first-order valence-electron chi connectivity index (χ1n) is 8.64. The molecule has 0 radical (unpaired) electrons. The van der Waals surface area contributed by atoms with Gasteiger partial charge in [0.05, 0.1) is 0 Å². The number of hydrogen-bond donors (Lipinski definition) is 1. The number of piperazine rings is 1. The maximum absolute atomic E-state index is 13.6. The summed E-state index contributed by atoms with van der Waals surface area (Å²) in [5.41, 5.74) is 1.51. The van der Waals surface area contributed by atoms with Crippen molar-refractivity contribution in [2.45, 2.75) is 50.9 Å². The molecule has 0 aromatic heterocycles. The number of aryl methyl sites for hydroxylation is 1. The molecule has 0 bridgehead atoms. The van der Waals surface area contributed by atoms with Crippen LogP contribution in [0, 0.1) is 12.7 Å². The normalized spacial score (nSPS) is 29.2. The van der Waals surface area contributed by atoms with Gasteiger partial charge in [-0.25, -0.2) is 4.39 Å². The van der Waals surface area contributed by atoms with Crippen LogP contribution in [0.4, 0.5) is 4.39 Å². The second-order valence-electron chi connectivity index (χ2n) is 7.09. The molecule has 0 aliphatic carbocycles. The number of amides is 2. The van der Waals surface area contributed by atoms with Crippen LogP contribution in [-0.4, -0.2) is 52.8 Å². The van der Waals surface area contributed by atoms with E-state index in [4.69, 9.17) is 0 Å². The van der Waals surface area contributed by atoms with Crippen molar-refractivity contribution in [3.63, 3.8) is 0 Å². The summed E-state index contributed by atoms with van der Waals surface area (Å²) < 4.78 is 13.6. The van der Waals surface area contributed by atoms with Crippen molar-refractivity contribution >= 4 is 11.8 Å². The van der Waals surface area contributed by atoms with E-state index in [1.165, 1.54) is 6.07 Å². The summed E-state index contributed by atoms with van der Waals surface area (Å²) in [6, 6.07) is 4.73. The number of hydrogen-bond acceptors (Lipinski definition) is 3. The summed E-state index contributed by atoms with van der Waals surface area (Å²) in [5, 5.41) is 3.38. The van der Waals surface area contributed by atoms with E-state index >= 15 is 0 Å². The van der Waals surface area contributed by atoms with Gasteiger partial charge < -0.3 is 15.1 Å². The second kappa shape index (κ2) is 5.84. The van der Waals surface area contributed by atoms with Gasteiger partial charge in [-0.3, -0.25) is 9.59 Å². The number of rotatable bonds is 3. The smallest absolute Gasteiger partial charge is 0.246 e. The lowest BCUT2D eigenvalue weighted by Gasteiger charge is -2.38. The van der Waals surface area contributed by atoms with Crippen molar-refractivity contribution in [2.75, 3.05) is 13.1 Å². The van der Waals surface area contributed by atoms with Crippen molar-refractivity contribution < 1.29 is 14.0 Å². The molecule has 0 unspecified atom stereocenters. The van der Waals surface area contributed by atoms with E-state index in [1.54, 1.807) is 22.8 Å². The first-order chi connectivity index (χ1) is 11.5. The molecular weight excluding hydrogens is 309 g/mol. The Morgan fingerprint density at radius 3 is 2.79 bits per heavy atom. The van der Waals surface area contributed by atoms with Gasteiger partial charge in [-0.05, 0) is 43.4 Å². The van der Waals surface area contributed by atoms with E-state index in [0.29, 0.717) is 31.6 Å². The molecule has 0 saturated carbocycles. The summed E-state index contributed by atoms with van der Waals surface area (Å²) in [5.74, 6) is -0.00492. The predicted octanol–water partition coefficient (Wildman–Crippen LogP) is 1.20. The van der Waals surface area contributed by atoms with Gasteiger partial charge in [0.15, 0.2) is 0 Å². The lowest BCUT2D eigenvalue weighted by atomic mass is 10.1. The van der Waals surface area contributed by atoms with Gasteiger partial charge >= 0.3 is 0 Å². The molecule has 1 aromatic carbocycles. The van der Waals surface area contributed by atoms with Crippen molar-refractivity contribution in [1.82, 2.24) is 15.1 Å². The number of nitrogens with zero attached hydrogens (tertiary/aromatic N) is 2. The minimum atomic E-state index is -0.320. The first-order valence-corrected chi connectivity index (χ1v) is 8.64. The molecule has 3 heterocycles. The molecule has 6 heteroatoms. The van der Waals surface area contributed by atoms with Gasteiger partial charge in [0.25, 0.3) is 0 Å². The molecule has 3 aliphatic rings. The van der Waals surface area contributed by atoms with Gasteiger partial charge in [-0.2, -0.15) is 0 Å². The third-order valence-electron chi connectivity index (χ3n) is 5.52. The van der Waals surface area contributed by atoms with Crippen molar-refractivity contribution in [3.8, 4) is 0 Å². The van der Waals surface area contributed by atoms with Crippen molar-refractivity contribution in [2.24, 2.45) is 0 Å². The Bertz CT molecular complexity index is 663. The van der Waals surface area contributed by atoms with Gasteiger partial charge in [0.2, 0.25) is 11.8 Å². The second-order valence-corrected chi connectivity index (χ2v) is 7.09. The highest BCUT2D eigenvalue weighted by Crippen LogP contribution is 2.32. The number of benzene rings is 1. The number of halogens is 1. The van der Waals surface area contributed by atoms with Crippen LogP contribution in [0.5, 0.6) is 0 Å². The molecule has 3 fully saturated rings. The summed E-state index contributed by atoms with van der Waals surface area (Å²) >= 11 is 0. The molecule has 3 atom stereocenters. The number of nitrogens with one attached hydrogen (secondary N) is 1. The third-order valence-corrected chi connectivity index (χ3v) is 5.52. The maximum Gasteiger partial charge on any atom is 0.246 e. The number of fused-ring (bicyclic) bond motifs is 2.